The molecule has 0 saturated heterocycles. The van der Waals surface area contributed by atoms with Crippen molar-refractivity contribution in [3.8, 4) is 11.5 Å². The summed E-state index contributed by atoms with van der Waals surface area (Å²) >= 11 is 3.66. The number of carbonyl (C=O) groups is 1. The smallest absolute Gasteiger partial charge is 0.226 e. The van der Waals surface area contributed by atoms with Crippen molar-refractivity contribution < 1.29 is 14.3 Å². The molecule has 1 aliphatic heterocycles. The maximum Gasteiger partial charge on any atom is 0.226 e. The van der Waals surface area contributed by atoms with Crippen molar-refractivity contribution in [2.45, 2.75) is 39.3 Å². The van der Waals surface area contributed by atoms with E-state index in [0.717, 1.165) is 33.3 Å². The van der Waals surface area contributed by atoms with Crippen molar-refractivity contribution in [1.29, 1.82) is 0 Å². The molecule has 33 heavy (non-hydrogen) atoms. The maximum absolute atomic E-state index is 13.3. The Balaban J connectivity index is 1.56. The summed E-state index contributed by atoms with van der Waals surface area (Å²) in [7, 11) is 1.61. The van der Waals surface area contributed by atoms with Crippen LogP contribution < -0.4 is 14.8 Å². The van der Waals surface area contributed by atoms with Crippen LogP contribution in [-0.4, -0.2) is 27.7 Å². The molecular weight excluding hydrogens is 484 g/mol. The third-order valence-corrected chi connectivity index (χ3v) is 6.66. The monoisotopic (exact) mass is 508 g/mol. The van der Waals surface area contributed by atoms with Crippen LogP contribution in [0.5, 0.6) is 11.5 Å². The third-order valence-electron chi connectivity index (χ3n) is 6.07. The zero-order valence-electron chi connectivity index (χ0n) is 18.8. The molecule has 8 heteroatoms. The van der Waals surface area contributed by atoms with Gasteiger partial charge in [0.25, 0.3) is 0 Å². The number of anilines is 1. The second kappa shape index (κ2) is 8.33. The lowest BCUT2D eigenvalue weighted by Crippen LogP contribution is -2.36. The van der Waals surface area contributed by atoms with Gasteiger partial charge in [-0.15, -0.1) is 0 Å². The molecule has 0 spiro atoms. The number of rotatable bonds is 5. The number of nitrogens with one attached hydrogen (secondary N) is 1. The number of Topliss-reactive ketones (excluding diaryl/α,β-unsaturated/α-hetero) is 1. The van der Waals surface area contributed by atoms with Gasteiger partial charge in [-0.1, -0.05) is 44.2 Å². The van der Waals surface area contributed by atoms with Crippen LogP contribution in [0.1, 0.15) is 43.9 Å². The van der Waals surface area contributed by atoms with Crippen LogP contribution in [0.2, 0.25) is 0 Å². The highest BCUT2D eigenvalue weighted by atomic mass is 79.9. The number of hydrogen-bond donors (Lipinski definition) is 1. The second-order valence-electron chi connectivity index (χ2n) is 9.20. The number of carbonyl (C=O) groups excluding carboxylic acids is 1. The Labute approximate surface area is 200 Å². The van der Waals surface area contributed by atoms with Crippen LogP contribution in [0.4, 0.5) is 5.95 Å². The Bertz CT molecular complexity index is 1250. The van der Waals surface area contributed by atoms with Crippen LogP contribution >= 0.6 is 15.9 Å². The van der Waals surface area contributed by atoms with Crippen molar-refractivity contribution in [2.75, 3.05) is 12.4 Å². The fraction of sp³-hybridized carbons (Fsp3) is 0.320. The SMILES string of the molecule is COc1cc(C2C3=C(CC(C)(C)CC3=O)Nc3ncnn32)cc(Br)c1OCc1ccccc1. The molecule has 0 radical (unpaired) electrons. The minimum atomic E-state index is -0.393. The van der Waals surface area contributed by atoms with Crippen molar-refractivity contribution >= 4 is 27.7 Å². The fourth-order valence-corrected chi connectivity index (χ4v) is 5.20. The predicted molar refractivity (Wildman–Crippen MR) is 128 cm³/mol. The lowest BCUT2D eigenvalue weighted by Gasteiger charge is -2.38. The van der Waals surface area contributed by atoms with E-state index in [1.54, 1.807) is 11.8 Å². The number of nitrogens with zero attached hydrogens (tertiary/aromatic N) is 3. The molecule has 0 saturated carbocycles. The van der Waals surface area contributed by atoms with E-state index in [1.165, 1.54) is 6.33 Å². The summed E-state index contributed by atoms with van der Waals surface area (Å²) in [6.07, 6.45) is 2.77. The highest BCUT2D eigenvalue weighted by Crippen LogP contribution is 2.47. The number of aromatic nitrogens is 3. The van der Waals surface area contributed by atoms with E-state index in [1.807, 2.05) is 42.5 Å². The number of ketones is 1. The highest BCUT2D eigenvalue weighted by Gasteiger charge is 2.41. The molecule has 2 aliphatic rings. The van der Waals surface area contributed by atoms with E-state index in [0.29, 0.717) is 30.5 Å². The molecular formula is C25H25BrN4O3. The molecule has 0 amide bonds. The van der Waals surface area contributed by atoms with E-state index in [4.69, 9.17) is 9.47 Å². The molecule has 2 aromatic carbocycles. The number of allylic oxidation sites excluding steroid dienone is 2. The predicted octanol–water partition coefficient (Wildman–Crippen LogP) is 5.29. The van der Waals surface area contributed by atoms with E-state index in [-0.39, 0.29) is 11.2 Å². The zero-order chi connectivity index (χ0) is 23.2. The van der Waals surface area contributed by atoms with Gasteiger partial charge < -0.3 is 14.8 Å². The van der Waals surface area contributed by atoms with E-state index < -0.39 is 6.04 Å². The van der Waals surface area contributed by atoms with Crippen LogP contribution in [0.15, 0.2) is 64.5 Å². The van der Waals surface area contributed by atoms with Gasteiger partial charge in [0.2, 0.25) is 5.95 Å². The number of hydrogen-bond acceptors (Lipinski definition) is 6. The molecule has 1 aromatic heterocycles. The number of halogens is 1. The normalized spacial score (nSPS) is 18.9. The minimum Gasteiger partial charge on any atom is -0.493 e. The molecule has 1 aliphatic carbocycles. The van der Waals surface area contributed by atoms with E-state index in [2.05, 4.69) is 45.2 Å². The molecule has 0 bridgehead atoms. The Morgan fingerprint density at radius 2 is 2.00 bits per heavy atom. The summed E-state index contributed by atoms with van der Waals surface area (Å²) in [6, 6.07) is 13.5. The molecule has 7 nitrogen and oxygen atoms in total. The van der Waals surface area contributed by atoms with Gasteiger partial charge in [0, 0.05) is 17.7 Å². The van der Waals surface area contributed by atoms with Gasteiger partial charge in [-0.25, -0.2) is 4.68 Å². The Morgan fingerprint density at radius 3 is 2.76 bits per heavy atom. The molecule has 1 unspecified atom stereocenters. The summed E-state index contributed by atoms with van der Waals surface area (Å²) in [5, 5.41) is 7.77. The first-order chi connectivity index (χ1) is 15.9. The lowest BCUT2D eigenvalue weighted by molar-refractivity contribution is -0.118. The summed E-state index contributed by atoms with van der Waals surface area (Å²) < 4.78 is 14.3. The number of fused-ring (bicyclic) bond motifs is 1. The maximum atomic E-state index is 13.3. The first kappa shape index (κ1) is 21.7. The first-order valence-corrected chi connectivity index (χ1v) is 11.6. The third kappa shape index (κ3) is 4.04. The Morgan fingerprint density at radius 1 is 1.21 bits per heavy atom. The largest absolute Gasteiger partial charge is 0.493 e. The number of ether oxygens (including phenoxy) is 2. The van der Waals surface area contributed by atoms with E-state index >= 15 is 0 Å². The van der Waals surface area contributed by atoms with Crippen LogP contribution in [0.25, 0.3) is 0 Å². The number of benzene rings is 2. The van der Waals surface area contributed by atoms with Gasteiger partial charge in [0.1, 0.15) is 19.0 Å². The van der Waals surface area contributed by atoms with Gasteiger partial charge in [-0.05, 0) is 51.0 Å². The Hall–Kier alpha value is -3.13. The summed E-state index contributed by atoms with van der Waals surface area (Å²) in [4.78, 5) is 17.7. The van der Waals surface area contributed by atoms with Gasteiger partial charge in [0.05, 0.1) is 11.6 Å². The van der Waals surface area contributed by atoms with Gasteiger partial charge in [-0.3, -0.25) is 4.79 Å². The molecule has 1 N–H and O–H groups in total. The molecule has 5 rings (SSSR count). The standard InChI is InChI=1S/C25H25BrN4O3/c1-25(2)11-18-21(19(31)12-25)22(30-24(29-18)27-14-28-30)16-9-17(26)23(20(10-16)32-3)33-13-15-7-5-4-6-8-15/h4-10,14,22H,11-13H2,1-3H3,(H,27,28,29). The summed E-state index contributed by atoms with van der Waals surface area (Å²) in [5.74, 6) is 1.95. The van der Waals surface area contributed by atoms with Crippen LogP contribution in [0, 0.1) is 5.41 Å². The summed E-state index contributed by atoms with van der Waals surface area (Å²) in [6.45, 7) is 4.64. The minimum absolute atomic E-state index is 0.108. The van der Waals surface area contributed by atoms with Crippen molar-refractivity contribution in [2.24, 2.45) is 5.41 Å². The van der Waals surface area contributed by atoms with Crippen molar-refractivity contribution in [1.82, 2.24) is 14.8 Å². The lowest BCUT2D eigenvalue weighted by atomic mass is 9.73. The van der Waals surface area contributed by atoms with Crippen molar-refractivity contribution in [3.63, 3.8) is 0 Å². The topological polar surface area (TPSA) is 78.3 Å². The number of methoxy groups -OCH3 is 1. The fourth-order valence-electron chi connectivity index (χ4n) is 4.62. The molecule has 2 heterocycles. The first-order valence-electron chi connectivity index (χ1n) is 10.8. The average molecular weight is 509 g/mol. The van der Waals surface area contributed by atoms with Gasteiger partial charge in [0.15, 0.2) is 17.3 Å². The van der Waals surface area contributed by atoms with Gasteiger partial charge in [-0.2, -0.15) is 10.1 Å². The van der Waals surface area contributed by atoms with Crippen molar-refractivity contribution in [3.05, 3.63) is 75.7 Å². The van der Waals surface area contributed by atoms with Crippen LogP contribution in [0.3, 0.4) is 0 Å². The Kier molecular flexibility index (Phi) is 5.48. The molecule has 1 atom stereocenters. The molecule has 3 aromatic rings. The average Bonchev–Trinajstić information content (AvgIpc) is 3.24. The van der Waals surface area contributed by atoms with Gasteiger partial charge >= 0.3 is 0 Å². The molecule has 170 valence electrons. The summed E-state index contributed by atoms with van der Waals surface area (Å²) in [5.41, 5.74) is 3.48. The zero-order valence-corrected chi connectivity index (χ0v) is 20.3. The quantitative estimate of drug-likeness (QED) is 0.504. The second-order valence-corrected chi connectivity index (χ2v) is 10.1. The highest BCUT2D eigenvalue weighted by molar-refractivity contribution is 9.10. The van der Waals surface area contributed by atoms with E-state index in [9.17, 15) is 4.79 Å². The van der Waals surface area contributed by atoms with Crippen LogP contribution in [-0.2, 0) is 11.4 Å². The molecule has 0 fully saturated rings.